The fraction of sp³-hybridized carbons (Fsp3) is 0.600. The van der Waals surface area contributed by atoms with Crippen LogP contribution in [0.25, 0.3) is 0 Å². The third-order valence-electron chi connectivity index (χ3n) is 5.16. The van der Waals surface area contributed by atoms with E-state index in [-0.39, 0.29) is 29.7 Å². The molecule has 2 fully saturated rings. The minimum Gasteiger partial charge on any atom is -0.458 e. The summed E-state index contributed by atoms with van der Waals surface area (Å²) >= 11 is 0. The van der Waals surface area contributed by atoms with E-state index in [0.717, 1.165) is 12.0 Å². The largest absolute Gasteiger partial charge is 0.458 e. The Kier molecular flexibility index (Phi) is 2.52. The molecular weight excluding hydrogens is 244 g/mol. The number of fused-ring (bicyclic) bond motifs is 2. The molecule has 4 nitrogen and oxygen atoms in total. The molecule has 0 radical (unpaired) electrons. The molecule has 1 saturated heterocycles. The number of aliphatic hydroxyl groups excluding tert-OH is 1. The summed E-state index contributed by atoms with van der Waals surface area (Å²) in [5, 5.41) is 10.2. The molecule has 1 aliphatic heterocycles. The lowest BCUT2D eigenvalue weighted by Gasteiger charge is -2.49. The van der Waals surface area contributed by atoms with E-state index in [9.17, 15) is 14.7 Å². The summed E-state index contributed by atoms with van der Waals surface area (Å²) in [7, 11) is 0. The minimum absolute atomic E-state index is 0.0225. The van der Waals surface area contributed by atoms with Crippen LogP contribution < -0.4 is 0 Å². The van der Waals surface area contributed by atoms with Crippen LogP contribution in [-0.2, 0) is 14.3 Å². The van der Waals surface area contributed by atoms with Crippen LogP contribution in [0.3, 0.4) is 0 Å². The van der Waals surface area contributed by atoms with Crippen LogP contribution in [0.5, 0.6) is 0 Å². The van der Waals surface area contributed by atoms with Crippen LogP contribution in [0.4, 0.5) is 0 Å². The molecule has 19 heavy (non-hydrogen) atoms. The van der Waals surface area contributed by atoms with Crippen LogP contribution in [0.1, 0.15) is 26.7 Å². The van der Waals surface area contributed by atoms with Gasteiger partial charge in [0.25, 0.3) is 0 Å². The zero-order valence-electron chi connectivity index (χ0n) is 11.2. The molecule has 0 aromatic carbocycles. The summed E-state index contributed by atoms with van der Waals surface area (Å²) in [6, 6.07) is 0. The smallest absolute Gasteiger partial charge is 0.334 e. The van der Waals surface area contributed by atoms with Gasteiger partial charge >= 0.3 is 5.97 Å². The summed E-state index contributed by atoms with van der Waals surface area (Å²) < 4.78 is 5.33. The zero-order chi connectivity index (χ0) is 13.9. The monoisotopic (exact) mass is 262 g/mol. The normalized spacial score (nSPS) is 45.4. The molecular formula is C15H18O4. The van der Waals surface area contributed by atoms with Gasteiger partial charge in [-0.2, -0.15) is 0 Å². The Bertz CT molecular complexity index is 518. The number of carbonyl (C=O) groups is 2. The van der Waals surface area contributed by atoms with Crippen molar-refractivity contribution >= 4 is 11.8 Å². The molecule has 102 valence electrons. The fourth-order valence-electron chi connectivity index (χ4n) is 3.99. The molecule has 0 amide bonds. The van der Waals surface area contributed by atoms with Gasteiger partial charge in [-0.15, -0.1) is 0 Å². The van der Waals surface area contributed by atoms with E-state index >= 15 is 0 Å². The molecule has 2 aliphatic carbocycles. The lowest BCUT2D eigenvalue weighted by Crippen LogP contribution is -2.53. The van der Waals surface area contributed by atoms with Crippen LogP contribution in [-0.4, -0.2) is 29.1 Å². The van der Waals surface area contributed by atoms with Crippen molar-refractivity contribution in [1.82, 2.24) is 0 Å². The van der Waals surface area contributed by atoms with Gasteiger partial charge < -0.3 is 9.84 Å². The number of rotatable bonds is 0. The van der Waals surface area contributed by atoms with Crippen LogP contribution in [0, 0.1) is 17.3 Å². The Balaban J connectivity index is 2.01. The first-order chi connectivity index (χ1) is 8.84. The molecule has 4 heteroatoms. The molecule has 1 heterocycles. The molecule has 0 unspecified atom stereocenters. The van der Waals surface area contributed by atoms with Crippen LogP contribution in [0.2, 0.25) is 0 Å². The van der Waals surface area contributed by atoms with E-state index in [1.165, 1.54) is 6.08 Å². The van der Waals surface area contributed by atoms with E-state index in [2.05, 4.69) is 6.58 Å². The maximum absolute atomic E-state index is 11.8. The van der Waals surface area contributed by atoms with Crippen molar-refractivity contribution in [3.8, 4) is 0 Å². The van der Waals surface area contributed by atoms with Crippen molar-refractivity contribution in [3.63, 3.8) is 0 Å². The van der Waals surface area contributed by atoms with Crippen molar-refractivity contribution in [2.75, 3.05) is 0 Å². The Morgan fingerprint density at radius 2 is 2.16 bits per heavy atom. The standard InChI is InChI=1S/C15H18O4/c1-7-4-11(16)13(17)15(3)6-12-9(5-10(7)15)8(2)14(18)19-12/h4,9-10,12-13,17H,2,5-6H2,1,3H3/t9-,10+,12+,13+,15-/m0/s1. The van der Waals surface area contributed by atoms with Gasteiger partial charge in [-0.05, 0) is 31.8 Å². The van der Waals surface area contributed by atoms with E-state index in [0.29, 0.717) is 12.0 Å². The number of aliphatic hydroxyl groups is 1. The average Bonchev–Trinajstić information content (AvgIpc) is 2.60. The number of hydrogen-bond acceptors (Lipinski definition) is 4. The fourth-order valence-corrected chi connectivity index (χ4v) is 3.99. The minimum atomic E-state index is -1.00. The highest BCUT2D eigenvalue weighted by Gasteiger charge is 2.56. The highest BCUT2D eigenvalue weighted by molar-refractivity contribution is 5.96. The Labute approximate surface area is 112 Å². The zero-order valence-corrected chi connectivity index (χ0v) is 11.2. The molecule has 3 rings (SSSR count). The summed E-state index contributed by atoms with van der Waals surface area (Å²) in [6.07, 6.45) is 1.53. The molecule has 3 aliphatic rings. The second-order valence-electron chi connectivity index (χ2n) is 6.27. The second-order valence-corrected chi connectivity index (χ2v) is 6.27. The van der Waals surface area contributed by atoms with Crippen molar-refractivity contribution in [2.24, 2.45) is 17.3 Å². The van der Waals surface area contributed by atoms with Crippen molar-refractivity contribution in [3.05, 3.63) is 23.8 Å². The third kappa shape index (κ3) is 1.56. The quantitative estimate of drug-likeness (QED) is 0.529. The first-order valence-corrected chi connectivity index (χ1v) is 6.64. The molecule has 0 aromatic heterocycles. The Hall–Kier alpha value is -1.42. The lowest BCUT2D eigenvalue weighted by atomic mass is 9.55. The SMILES string of the molecule is C=C1C(=O)O[C@@H]2C[C@]3(C)[C@H](O)C(=O)C=C(C)[C@H]3C[C@@H]12. The van der Waals surface area contributed by atoms with Gasteiger partial charge in [0.05, 0.1) is 0 Å². The molecule has 5 atom stereocenters. The molecule has 0 bridgehead atoms. The van der Waals surface area contributed by atoms with Gasteiger partial charge in [0, 0.05) is 16.9 Å². The Morgan fingerprint density at radius 1 is 1.47 bits per heavy atom. The highest BCUT2D eigenvalue weighted by atomic mass is 16.6. The number of esters is 1. The highest BCUT2D eigenvalue weighted by Crippen LogP contribution is 2.54. The van der Waals surface area contributed by atoms with Gasteiger partial charge in [0.1, 0.15) is 12.2 Å². The van der Waals surface area contributed by atoms with Gasteiger partial charge in [0.15, 0.2) is 5.78 Å². The molecule has 0 spiro atoms. The second kappa shape index (κ2) is 3.79. The molecule has 0 aromatic rings. The lowest BCUT2D eigenvalue weighted by molar-refractivity contribution is -0.148. The van der Waals surface area contributed by atoms with Crippen molar-refractivity contribution in [1.29, 1.82) is 0 Å². The van der Waals surface area contributed by atoms with E-state index in [1.54, 1.807) is 0 Å². The summed E-state index contributed by atoms with van der Waals surface area (Å²) in [5.74, 6) is -0.445. The van der Waals surface area contributed by atoms with Gasteiger partial charge in [-0.25, -0.2) is 4.79 Å². The van der Waals surface area contributed by atoms with Crippen LogP contribution >= 0.6 is 0 Å². The first kappa shape index (κ1) is 12.6. The summed E-state index contributed by atoms with van der Waals surface area (Å²) in [5.41, 5.74) is 0.983. The summed E-state index contributed by atoms with van der Waals surface area (Å²) in [6.45, 7) is 7.66. The maximum Gasteiger partial charge on any atom is 0.334 e. The van der Waals surface area contributed by atoms with Gasteiger partial charge in [-0.1, -0.05) is 19.1 Å². The maximum atomic E-state index is 11.8. The number of ketones is 1. The number of ether oxygens (including phenoxy) is 1. The average molecular weight is 262 g/mol. The van der Waals surface area contributed by atoms with Crippen LogP contribution in [0.15, 0.2) is 23.8 Å². The van der Waals surface area contributed by atoms with Gasteiger partial charge in [0.2, 0.25) is 0 Å². The molecule has 1 N–H and O–H groups in total. The van der Waals surface area contributed by atoms with Crippen molar-refractivity contribution in [2.45, 2.75) is 38.9 Å². The topological polar surface area (TPSA) is 63.6 Å². The summed E-state index contributed by atoms with van der Waals surface area (Å²) in [4.78, 5) is 23.4. The number of allylic oxidation sites excluding steroid dienone is 1. The van der Waals surface area contributed by atoms with E-state index < -0.39 is 11.5 Å². The predicted octanol–water partition coefficient (Wildman–Crippen LogP) is 1.39. The third-order valence-corrected chi connectivity index (χ3v) is 5.16. The molecule has 1 saturated carbocycles. The van der Waals surface area contributed by atoms with Gasteiger partial charge in [-0.3, -0.25) is 4.79 Å². The predicted molar refractivity (Wildman–Crippen MR) is 68.1 cm³/mol. The van der Waals surface area contributed by atoms with E-state index in [1.807, 2.05) is 13.8 Å². The first-order valence-electron chi connectivity index (χ1n) is 6.64. The van der Waals surface area contributed by atoms with Crippen molar-refractivity contribution < 1.29 is 19.4 Å². The number of carbonyl (C=O) groups excluding carboxylic acids is 2. The Morgan fingerprint density at radius 3 is 2.84 bits per heavy atom. The van der Waals surface area contributed by atoms with E-state index in [4.69, 9.17) is 4.74 Å². The number of hydrogen-bond donors (Lipinski definition) is 1.